The molecule has 19 heavy (non-hydrogen) atoms. The Morgan fingerprint density at radius 3 is 2.95 bits per heavy atom. The van der Waals surface area contributed by atoms with Crippen molar-refractivity contribution < 1.29 is 14.7 Å². The molecule has 1 aromatic rings. The van der Waals surface area contributed by atoms with Gasteiger partial charge in [0.05, 0.1) is 11.9 Å². The van der Waals surface area contributed by atoms with Gasteiger partial charge in [-0.1, -0.05) is 0 Å². The summed E-state index contributed by atoms with van der Waals surface area (Å²) in [7, 11) is 0. The summed E-state index contributed by atoms with van der Waals surface area (Å²) in [5.41, 5.74) is 0.645. The van der Waals surface area contributed by atoms with E-state index in [2.05, 4.69) is 9.97 Å². The van der Waals surface area contributed by atoms with Gasteiger partial charge in [-0.05, 0) is 25.2 Å². The predicted molar refractivity (Wildman–Crippen MR) is 67.7 cm³/mol. The third-order valence-electron chi connectivity index (χ3n) is 3.37. The number of amides is 1. The number of aromatic carboxylic acids is 1. The number of rotatable bonds is 3. The van der Waals surface area contributed by atoms with Gasteiger partial charge < -0.3 is 10.0 Å². The van der Waals surface area contributed by atoms with E-state index < -0.39 is 5.97 Å². The van der Waals surface area contributed by atoms with E-state index >= 15 is 0 Å². The van der Waals surface area contributed by atoms with Crippen molar-refractivity contribution in [1.82, 2.24) is 14.9 Å². The molecular formula is C13H17N3O3. The summed E-state index contributed by atoms with van der Waals surface area (Å²) in [4.78, 5) is 32.0. The number of piperidine rings is 1. The molecule has 1 unspecified atom stereocenters. The van der Waals surface area contributed by atoms with Crippen molar-refractivity contribution in [2.75, 3.05) is 13.1 Å². The molecule has 1 amide bonds. The second-order valence-electron chi connectivity index (χ2n) is 4.88. The van der Waals surface area contributed by atoms with Gasteiger partial charge in [0.2, 0.25) is 5.91 Å². The monoisotopic (exact) mass is 263 g/mol. The summed E-state index contributed by atoms with van der Waals surface area (Å²) in [5.74, 6) is -0.644. The maximum Gasteiger partial charge on any atom is 0.356 e. The van der Waals surface area contributed by atoms with Gasteiger partial charge in [0.1, 0.15) is 0 Å². The fourth-order valence-corrected chi connectivity index (χ4v) is 2.42. The molecule has 0 spiro atoms. The minimum Gasteiger partial charge on any atom is -0.476 e. The van der Waals surface area contributed by atoms with Crippen LogP contribution in [-0.4, -0.2) is 44.9 Å². The van der Waals surface area contributed by atoms with Crippen LogP contribution in [0.3, 0.4) is 0 Å². The molecule has 1 atom stereocenters. The fraction of sp³-hybridized carbons (Fsp3) is 0.538. The third-order valence-corrected chi connectivity index (χ3v) is 3.37. The Balaban J connectivity index is 2.02. The van der Waals surface area contributed by atoms with Crippen LogP contribution in [0.2, 0.25) is 0 Å². The molecule has 1 aliphatic heterocycles. The van der Waals surface area contributed by atoms with Crippen LogP contribution in [0.5, 0.6) is 0 Å². The maximum atomic E-state index is 11.4. The van der Waals surface area contributed by atoms with Gasteiger partial charge in [0.25, 0.3) is 0 Å². The van der Waals surface area contributed by atoms with E-state index in [1.807, 2.05) is 4.90 Å². The van der Waals surface area contributed by atoms with Crippen molar-refractivity contribution >= 4 is 11.9 Å². The lowest BCUT2D eigenvalue weighted by atomic mass is 9.93. The Hall–Kier alpha value is -1.98. The van der Waals surface area contributed by atoms with Crippen molar-refractivity contribution in [3.63, 3.8) is 0 Å². The fourth-order valence-electron chi connectivity index (χ4n) is 2.42. The highest BCUT2D eigenvalue weighted by atomic mass is 16.4. The lowest BCUT2D eigenvalue weighted by molar-refractivity contribution is -0.130. The van der Waals surface area contributed by atoms with Crippen molar-refractivity contribution in [2.45, 2.75) is 26.2 Å². The van der Waals surface area contributed by atoms with Crippen molar-refractivity contribution in [2.24, 2.45) is 5.92 Å². The van der Waals surface area contributed by atoms with Gasteiger partial charge in [0, 0.05) is 26.2 Å². The lowest BCUT2D eigenvalue weighted by Crippen LogP contribution is -2.39. The second-order valence-corrected chi connectivity index (χ2v) is 4.88. The van der Waals surface area contributed by atoms with Gasteiger partial charge >= 0.3 is 5.97 Å². The number of nitrogens with zero attached hydrogens (tertiary/aromatic N) is 3. The number of hydrogen-bond donors (Lipinski definition) is 1. The van der Waals surface area contributed by atoms with Crippen LogP contribution >= 0.6 is 0 Å². The molecule has 1 fully saturated rings. The summed E-state index contributed by atoms with van der Waals surface area (Å²) in [6.07, 6.45) is 5.52. The van der Waals surface area contributed by atoms with Crippen molar-refractivity contribution in [3.05, 3.63) is 23.8 Å². The molecule has 6 nitrogen and oxygen atoms in total. The molecule has 0 saturated carbocycles. The number of aromatic nitrogens is 2. The first kappa shape index (κ1) is 13.5. The van der Waals surface area contributed by atoms with Gasteiger partial charge in [-0.15, -0.1) is 0 Å². The zero-order valence-corrected chi connectivity index (χ0v) is 10.9. The highest BCUT2D eigenvalue weighted by Crippen LogP contribution is 2.20. The summed E-state index contributed by atoms with van der Waals surface area (Å²) < 4.78 is 0. The van der Waals surface area contributed by atoms with Crippen molar-refractivity contribution in [3.8, 4) is 0 Å². The molecule has 0 bridgehead atoms. The highest BCUT2D eigenvalue weighted by Gasteiger charge is 2.22. The molecule has 1 saturated heterocycles. The van der Waals surface area contributed by atoms with E-state index in [-0.39, 0.29) is 11.6 Å². The molecule has 2 heterocycles. The predicted octanol–water partition coefficient (Wildman–Crippen LogP) is 0.976. The SMILES string of the molecule is CC(=O)N1CCCC(Cc2cncc(C(=O)O)n2)C1. The number of likely N-dealkylation sites (tertiary alicyclic amines) is 1. The van der Waals surface area contributed by atoms with Gasteiger partial charge in [-0.2, -0.15) is 0 Å². The molecule has 0 radical (unpaired) electrons. The van der Waals surface area contributed by atoms with Crippen LogP contribution < -0.4 is 0 Å². The molecule has 0 aliphatic carbocycles. The van der Waals surface area contributed by atoms with Crippen LogP contribution in [0.15, 0.2) is 12.4 Å². The summed E-state index contributed by atoms with van der Waals surface area (Å²) in [6, 6.07) is 0. The van der Waals surface area contributed by atoms with E-state index in [1.165, 1.54) is 6.20 Å². The first-order valence-electron chi connectivity index (χ1n) is 6.36. The van der Waals surface area contributed by atoms with Crippen LogP contribution in [0.25, 0.3) is 0 Å². The Morgan fingerprint density at radius 1 is 1.47 bits per heavy atom. The van der Waals surface area contributed by atoms with Crippen LogP contribution in [-0.2, 0) is 11.2 Å². The topological polar surface area (TPSA) is 83.4 Å². The van der Waals surface area contributed by atoms with E-state index in [4.69, 9.17) is 5.11 Å². The smallest absolute Gasteiger partial charge is 0.356 e. The van der Waals surface area contributed by atoms with E-state index in [0.29, 0.717) is 24.6 Å². The number of carbonyl (C=O) groups excluding carboxylic acids is 1. The zero-order valence-electron chi connectivity index (χ0n) is 10.9. The van der Waals surface area contributed by atoms with Crippen LogP contribution in [0.4, 0.5) is 0 Å². The average Bonchev–Trinajstić information content (AvgIpc) is 2.39. The molecule has 0 aromatic carbocycles. The first-order chi connectivity index (χ1) is 9.06. The van der Waals surface area contributed by atoms with E-state index in [1.54, 1.807) is 13.1 Å². The van der Waals surface area contributed by atoms with Crippen molar-refractivity contribution in [1.29, 1.82) is 0 Å². The summed E-state index contributed by atoms with van der Waals surface area (Å²) in [6.45, 7) is 3.11. The minimum absolute atomic E-state index is 0.0308. The average molecular weight is 263 g/mol. The molecule has 1 N–H and O–H groups in total. The van der Waals surface area contributed by atoms with Gasteiger partial charge in [-0.3, -0.25) is 9.78 Å². The van der Waals surface area contributed by atoms with E-state index in [0.717, 1.165) is 19.4 Å². The summed E-state index contributed by atoms with van der Waals surface area (Å²) >= 11 is 0. The Kier molecular flexibility index (Phi) is 4.09. The number of carbonyl (C=O) groups is 2. The second kappa shape index (κ2) is 5.77. The van der Waals surface area contributed by atoms with Crippen LogP contribution in [0, 0.1) is 5.92 Å². The lowest BCUT2D eigenvalue weighted by Gasteiger charge is -2.31. The Morgan fingerprint density at radius 2 is 2.26 bits per heavy atom. The molecule has 6 heteroatoms. The van der Waals surface area contributed by atoms with Gasteiger partial charge in [-0.25, -0.2) is 9.78 Å². The van der Waals surface area contributed by atoms with Crippen LogP contribution in [0.1, 0.15) is 35.9 Å². The molecule has 2 rings (SSSR count). The minimum atomic E-state index is -1.07. The summed E-state index contributed by atoms with van der Waals surface area (Å²) in [5, 5.41) is 8.87. The Labute approximate surface area is 111 Å². The molecule has 1 aliphatic rings. The third kappa shape index (κ3) is 3.49. The molecule has 1 aromatic heterocycles. The maximum absolute atomic E-state index is 11.4. The molecular weight excluding hydrogens is 246 g/mol. The normalized spacial score (nSPS) is 19.2. The van der Waals surface area contributed by atoms with E-state index in [9.17, 15) is 9.59 Å². The molecule has 102 valence electrons. The number of carboxylic acid groups (broad SMARTS) is 1. The Bertz CT molecular complexity index is 490. The zero-order chi connectivity index (χ0) is 13.8. The quantitative estimate of drug-likeness (QED) is 0.878. The standard InChI is InChI=1S/C13H17N3O3/c1-9(17)16-4-2-3-10(8-16)5-11-6-14-7-12(15-11)13(18)19/h6-7,10H,2-5,8H2,1H3,(H,18,19). The number of carboxylic acids is 1. The van der Waals surface area contributed by atoms with Gasteiger partial charge in [0.15, 0.2) is 5.69 Å². The largest absolute Gasteiger partial charge is 0.476 e. The highest BCUT2D eigenvalue weighted by molar-refractivity contribution is 5.84. The first-order valence-corrected chi connectivity index (χ1v) is 6.36. The number of hydrogen-bond acceptors (Lipinski definition) is 4.